The number of ether oxygens (including phenoxy) is 2. The van der Waals surface area contributed by atoms with E-state index in [1.54, 1.807) is 20.2 Å². The number of nitrogens with zero attached hydrogens (tertiary/aromatic N) is 2. The number of aromatic nitrogens is 1. The topological polar surface area (TPSA) is 81.0 Å². The van der Waals surface area contributed by atoms with E-state index in [1.165, 1.54) is 4.57 Å². The van der Waals surface area contributed by atoms with Crippen molar-refractivity contribution >= 4 is 23.0 Å². The molecule has 0 radical (unpaired) electrons. The summed E-state index contributed by atoms with van der Waals surface area (Å²) in [5.41, 5.74) is 4.26. The average Bonchev–Trinajstić information content (AvgIpc) is 3.28. The second kappa shape index (κ2) is 9.89. The molecule has 1 aliphatic heterocycles. The summed E-state index contributed by atoms with van der Waals surface area (Å²) in [4.78, 5) is 26.3. The first-order valence-corrected chi connectivity index (χ1v) is 11.8. The van der Waals surface area contributed by atoms with Crippen molar-refractivity contribution in [3.63, 3.8) is 0 Å². The Balaban J connectivity index is 1.70. The van der Waals surface area contributed by atoms with Gasteiger partial charge in [0.2, 0.25) is 0 Å². The summed E-state index contributed by atoms with van der Waals surface area (Å²) in [7, 11) is 1.65. The zero-order valence-electron chi connectivity index (χ0n) is 20.2. The van der Waals surface area contributed by atoms with Gasteiger partial charge in [-0.15, -0.1) is 0 Å². The van der Waals surface area contributed by atoms with Crippen LogP contribution in [0.3, 0.4) is 0 Å². The van der Waals surface area contributed by atoms with E-state index >= 15 is 0 Å². The summed E-state index contributed by atoms with van der Waals surface area (Å²) < 4.78 is 12.1. The molecule has 0 amide bonds. The van der Waals surface area contributed by atoms with Gasteiger partial charge in [-0.1, -0.05) is 19.1 Å². The van der Waals surface area contributed by atoms with Crippen molar-refractivity contribution in [1.82, 2.24) is 9.47 Å². The molecule has 1 fully saturated rings. The van der Waals surface area contributed by atoms with E-state index in [1.807, 2.05) is 43.3 Å². The minimum Gasteiger partial charge on any atom is -0.496 e. The van der Waals surface area contributed by atoms with E-state index in [-0.39, 0.29) is 12.0 Å². The van der Waals surface area contributed by atoms with Crippen LogP contribution in [-0.4, -0.2) is 46.9 Å². The first-order valence-electron chi connectivity index (χ1n) is 11.8. The minimum absolute atomic E-state index is 0.183. The van der Waals surface area contributed by atoms with Crippen LogP contribution in [0.15, 0.2) is 42.6 Å². The zero-order valence-corrected chi connectivity index (χ0v) is 20.2. The van der Waals surface area contributed by atoms with Crippen molar-refractivity contribution < 1.29 is 24.2 Å². The highest BCUT2D eigenvalue weighted by Gasteiger charge is 2.29. The number of hydrogen-bond acceptors (Lipinski definition) is 5. The summed E-state index contributed by atoms with van der Waals surface area (Å²) in [6.45, 7) is 7.89. The SMILES string of the molecule is CCOC(=O)c1ccc(C2CC(C)CCN2Cc2c(OC)cc(C)c3c2ccn3C(=O)O)cc1. The second-order valence-corrected chi connectivity index (χ2v) is 9.06. The summed E-state index contributed by atoms with van der Waals surface area (Å²) in [5.74, 6) is 1.04. The number of carbonyl (C=O) groups excluding carboxylic acids is 1. The molecule has 7 heteroatoms. The molecule has 34 heavy (non-hydrogen) atoms. The van der Waals surface area contributed by atoms with E-state index < -0.39 is 6.09 Å². The third-order valence-electron chi connectivity index (χ3n) is 6.80. The number of aryl methyl sites for hydroxylation is 1. The highest BCUT2D eigenvalue weighted by Crippen LogP contribution is 2.39. The van der Waals surface area contributed by atoms with Crippen LogP contribution in [0, 0.1) is 12.8 Å². The van der Waals surface area contributed by atoms with Crippen molar-refractivity contribution in [3.8, 4) is 5.75 Å². The molecule has 180 valence electrons. The molecule has 2 heterocycles. The summed E-state index contributed by atoms with van der Waals surface area (Å²) in [6.07, 6.45) is 2.70. The molecule has 7 nitrogen and oxygen atoms in total. The van der Waals surface area contributed by atoms with Crippen LogP contribution in [0.4, 0.5) is 4.79 Å². The summed E-state index contributed by atoms with van der Waals surface area (Å²) in [6, 6.07) is 11.7. The molecule has 4 rings (SSSR count). The molecule has 1 aliphatic rings. The van der Waals surface area contributed by atoms with Crippen molar-refractivity contribution in [2.24, 2.45) is 5.92 Å². The highest BCUT2D eigenvalue weighted by molar-refractivity contribution is 5.94. The number of carbonyl (C=O) groups is 2. The fourth-order valence-electron chi connectivity index (χ4n) is 5.05. The fourth-order valence-corrected chi connectivity index (χ4v) is 5.05. The van der Waals surface area contributed by atoms with Gasteiger partial charge in [0, 0.05) is 29.7 Å². The van der Waals surface area contributed by atoms with Crippen LogP contribution >= 0.6 is 0 Å². The van der Waals surface area contributed by atoms with Crippen molar-refractivity contribution in [2.75, 3.05) is 20.3 Å². The van der Waals surface area contributed by atoms with Gasteiger partial charge < -0.3 is 14.6 Å². The quantitative estimate of drug-likeness (QED) is 0.476. The Kier molecular flexibility index (Phi) is 6.93. The molecule has 2 aromatic carbocycles. The predicted octanol–water partition coefficient (Wildman–Crippen LogP) is 5.63. The molecule has 0 saturated carbocycles. The van der Waals surface area contributed by atoms with E-state index in [0.717, 1.165) is 47.2 Å². The number of esters is 1. The van der Waals surface area contributed by atoms with Gasteiger partial charge in [0.25, 0.3) is 0 Å². The van der Waals surface area contributed by atoms with Gasteiger partial charge in [-0.25, -0.2) is 9.59 Å². The van der Waals surface area contributed by atoms with E-state index in [4.69, 9.17) is 9.47 Å². The predicted molar refractivity (Wildman–Crippen MR) is 131 cm³/mol. The van der Waals surface area contributed by atoms with Gasteiger partial charge in [-0.3, -0.25) is 9.47 Å². The third-order valence-corrected chi connectivity index (χ3v) is 6.80. The van der Waals surface area contributed by atoms with Gasteiger partial charge in [-0.2, -0.15) is 0 Å². The lowest BCUT2D eigenvalue weighted by molar-refractivity contribution is 0.0526. The minimum atomic E-state index is -0.999. The third kappa shape index (κ3) is 4.53. The lowest BCUT2D eigenvalue weighted by Gasteiger charge is -2.39. The van der Waals surface area contributed by atoms with Crippen molar-refractivity contribution in [3.05, 3.63) is 64.8 Å². The van der Waals surface area contributed by atoms with Gasteiger partial charge in [0.05, 0.1) is 24.8 Å². The number of carboxylic acid groups (broad SMARTS) is 1. The smallest absolute Gasteiger partial charge is 0.416 e. The van der Waals surface area contributed by atoms with Gasteiger partial charge in [0.1, 0.15) is 5.75 Å². The van der Waals surface area contributed by atoms with Crippen LogP contribution in [0.2, 0.25) is 0 Å². The van der Waals surface area contributed by atoms with Crippen LogP contribution < -0.4 is 4.74 Å². The van der Waals surface area contributed by atoms with Gasteiger partial charge >= 0.3 is 12.1 Å². The summed E-state index contributed by atoms with van der Waals surface area (Å²) in [5, 5.41) is 10.5. The first-order chi connectivity index (χ1) is 16.3. The molecule has 3 aromatic rings. The second-order valence-electron chi connectivity index (χ2n) is 9.06. The molecular formula is C27H32N2O5. The first kappa shape index (κ1) is 23.8. The molecule has 1 N–H and O–H groups in total. The normalized spacial score (nSPS) is 18.7. The molecular weight excluding hydrogens is 432 g/mol. The van der Waals surface area contributed by atoms with E-state index in [2.05, 4.69) is 11.8 Å². The number of benzene rings is 2. The average molecular weight is 465 g/mol. The van der Waals surface area contributed by atoms with E-state index in [0.29, 0.717) is 30.1 Å². The monoisotopic (exact) mass is 464 g/mol. The number of likely N-dealkylation sites (tertiary alicyclic amines) is 1. The Morgan fingerprint density at radius 3 is 2.56 bits per heavy atom. The number of methoxy groups -OCH3 is 1. The Hall–Kier alpha value is -3.32. The van der Waals surface area contributed by atoms with Crippen LogP contribution in [-0.2, 0) is 11.3 Å². The Labute approximate surface area is 199 Å². The molecule has 1 saturated heterocycles. The maximum atomic E-state index is 12.1. The molecule has 0 aliphatic carbocycles. The molecule has 2 atom stereocenters. The lowest BCUT2D eigenvalue weighted by Crippen LogP contribution is -2.36. The van der Waals surface area contributed by atoms with Gasteiger partial charge in [-0.05, 0) is 74.5 Å². The summed E-state index contributed by atoms with van der Waals surface area (Å²) >= 11 is 0. The zero-order chi connectivity index (χ0) is 24.4. The Morgan fingerprint density at radius 1 is 1.18 bits per heavy atom. The van der Waals surface area contributed by atoms with Gasteiger partial charge in [0.15, 0.2) is 0 Å². The maximum absolute atomic E-state index is 12.1. The van der Waals surface area contributed by atoms with Crippen LogP contribution in [0.5, 0.6) is 5.75 Å². The Bertz CT molecular complexity index is 1200. The maximum Gasteiger partial charge on any atom is 0.416 e. The molecule has 2 unspecified atom stereocenters. The van der Waals surface area contributed by atoms with Crippen molar-refractivity contribution in [2.45, 2.75) is 46.2 Å². The fraction of sp³-hybridized carbons (Fsp3) is 0.407. The standard InChI is InChI=1S/C27H32N2O5/c1-5-34-26(30)20-8-6-19(7-9-20)23-14-17(2)10-12-28(23)16-22-21-11-13-29(27(31)32)25(21)18(3)15-24(22)33-4/h6-9,11,13,15,17,23H,5,10,12,14,16H2,1-4H3,(H,31,32). The molecule has 0 bridgehead atoms. The van der Waals surface area contributed by atoms with Crippen LogP contribution in [0.25, 0.3) is 10.9 Å². The molecule has 0 spiro atoms. The number of piperidine rings is 1. The number of fused-ring (bicyclic) bond motifs is 1. The Morgan fingerprint density at radius 2 is 1.91 bits per heavy atom. The van der Waals surface area contributed by atoms with Crippen molar-refractivity contribution in [1.29, 1.82) is 0 Å². The largest absolute Gasteiger partial charge is 0.496 e. The van der Waals surface area contributed by atoms with E-state index in [9.17, 15) is 14.7 Å². The molecule has 1 aromatic heterocycles. The highest BCUT2D eigenvalue weighted by atomic mass is 16.5. The number of rotatable bonds is 6. The van der Waals surface area contributed by atoms with Crippen LogP contribution in [0.1, 0.15) is 59.8 Å². The number of hydrogen-bond donors (Lipinski definition) is 1. The lowest BCUT2D eigenvalue weighted by atomic mass is 9.87.